The van der Waals surface area contributed by atoms with Crippen LogP contribution in [0.5, 0.6) is 0 Å². The van der Waals surface area contributed by atoms with Crippen molar-refractivity contribution >= 4 is 11.6 Å². The van der Waals surface area contributed by atoms with Gasteiger partial charge in [-0.3, -0.25) is 4.79 Å². The molecule has 0 spiro atoms. The minimum Gasteiger partial charge on any atom is -0.397 e. The molecule has 20 heavy (non-hydrogen) atoms. The van der Waals surface area contributed by atoms with Crippen LogP contribution in [0.2, 0.25) is 0 Å². The Morgan fingerprint density at radius 2 is 2.25 bits per heavy atom. The van der Waals surface area contributed by atoms with E-state index in [1.54, 1.807) is 6.07 Å². The highest BCUT2D eigenvalue weighted by atomic mass is 16.2. The lowest BCUT2D eigenvalue weighted by Gasteiger charge is -2.24. The Balaban J connectivity index is 1.95. The molecule has 1 aromatic rings. The van der Waals surface area contributed by atoms with Gasteiger partial charge in [-0.1, -0.05) is 13.8 Å². The summed E-state index contributed by atoms with van der Waals surface area (Å²) in [7, 11) is 0. The molecule has 1 fully saturated rings. The van der Waals surface area contributed by atoms with Crippen molar-refractivity contribution in [1.29, 1.82) is 0 Å². The van der Waals surface area contributed by atoms with Crippen molar-refractivity contribution in [3.8, 4) is 0 Å². The summed E-state index contributed by atoms with van der Waals surface area (Å²) in [6.45, 7) is 4.98. The first-order chi connectivity index (χ1) is 9.43. The van der Waals surface area contributed by atoms with Crippen LogP contribution in [-0.4, -0.2) is 28.7 Å². The van der Waals surface area contributed by atoms with Crippen LogP contribution in [-0.2, 0) is 0 Å². The number of hydrogen-bond acceptors (Lipinski definition) is 3. The molecular formula is C15H25N3O2. The molecular weight excluding hydrogens is 254 g/mol. The average Bonchev–Trinajstić information content (AvgIpc) is 3.17. The summed E-state index contributed by atoms with van der Waals surface area (Å²) in [5.41, 5.74) is 7.08. The van der Waals surface area contributed by atoms with Crippen molar-refractivity contribution in [3.05, 3.63) is 18.0 Å². The van der Waals surface area contributed by atoms with Crippen LogP contribution in [0.4, 0.5) is 5.69 Å². The Hall–Kier alpha value is -1.49. The van der Waals surface area contributed by atoms with Gasteiger partial charge in [0.1, 0.15) is 5.69 Å². The molecule has 0 aliphatic heterocycles. The largest absolute Gasteiger partial charge is 0.397 e. The number of anilines is 1. The molecule has 0 aromatic carbocycles. The zero-order valence-corrected chi connectivity index (χ0v) is 12.4. The number of aliphatic hydroxyl groups excluding tert-OH is 1. The van der Waals surface area contributed by atoms with Gasteiger partial charge in [0.05, 0.1) is 5.69 Å². The number of nitrogens with two attached hydrogens (primary N) is 1. The smallest absolute Gasteiger partial charge is 0.268 e. The molecule has 112 valence electrons. The number of rotatable bonds is 7. The third kappa shape index (κ3) is 3.76. The maximum Gasteiger partial charge on any atom is 0.268 e. The number of nitrogens with one attached hydrogen (secondary N) is 1. The Labute approximate surface area is 120 Å². The zero-order valence-electron chi connectivity index (χ0n) is 12.4. The predicted molar refractivity (Wildman–Crippen MR) is 79.5 cm³/mol. The van der Waals surface area contributed by atoms with E-state index in [0.29, 0.717) is 24.0 Å². The number of nitrogen functional groups attached to an aromatic ring is 1. The van der Waals surface area contributed by atoms with Gasteiger partial charge in [0.15, 0.2) is 0 Å². The number of carbonyl (C=O) groups excluding carboxylic acids is 1. The molecule has 2 rings (SSSR count). The molecule has 0 unspecified atom stereocenters. The van der Waals surface area contributed by atoms with Gasteiger partial charge in [0, 0.05) is 25.4 Å². The maximum atomic E-state index is 12.3. The van der Waals surface area contributed by atoms with Gasteiger partial charge >= 0.3 is 0 Å². The van der Waals surface area contributed by atoms with Gasteiger partial charge in [0.2, 0.25) is 0 Å². The Morgan fingerprint density at radius 3 is 2.85 bits per heavy atom. The molecule has 1 aliphatic carbocycles. The van der Waals surface area contributed by atoms with Crippen LogP contribution in [0.15, 0.2) is 12.3 Å². The second kappa shape index (κ2) is 5.87. The molecule has 5 nitrogen and oxygen atoms in total. The van der Waals surface area contributed by atoms with Crippen molar-refractivity contribution in [1.82, 2.24) is 9.88 Å². The minimum atomic E-state index is -0.0642. The van der Waals surface area contributed by atoms with E-state index in [-0.39, 0.29) is 17.9 Å². The summed E-state index contributed by atoms with van der Waals surface area (Å²) in [6, 6.07) is 2.18. The molecule has 1 amide bonds. The number of amides is 1. The summed E-state index contributed by atoms with van der Waals surface area (Å²) in [5, 5.41) is 11.9. The molecule has 1 heterocycles. The Morgan fingerprint density at radius 1 is 1.55 bits per heavy atom. The van der Waals surface area contributed by atoms with E-state index in [4.69, 9.17) is 10.8 Å². The second-order valence-electron chi connectivity index (χ2n) is 6.47. The molecule has 1 aromatic heterocycles. The Kier molecular flexibility index (Phi) is 4.38. The maximum absolute atomic E-state index is 12.3. The minimum absolute atomic E-state index is 0.0130. The fourth-order valence-corrected chi connectivity index (χ4v) is 2.39. The van der Waals surface area contributed by atoms with Gasteiger partial charge in [-0.2, -0.15) is 0 Å². The zero-order chi connectivity index (χ0) is 14.8. The lowest BCUT2D eigenvalue weighted by Crippen LogP contribution is -2.35. The highest BCUT2D eigenvalue weighted by molar-refractivity contribution is 5.93. The summed E-state index contributed by atoms with van der Waals surface area (Å²) < 4.78 is 1.99. The molecule has 1 aliphatic rings. The standard InChI is InChI=1S/C15H25N3O2/c1-15(2,6-3-7-19)10-17-14(20)13-8-11(16)9-18(13)12-4-5-12/h8-9,12,19H,3-7,10,16H2,1-2H3,(H,17,20). The van der Waals surface area contributed by atoms with Crippen molar-refractivity contribution in [2.45, 2.75) is 45.6 Å². The van der Waals surface area contributed by atoms with E-state index >= 15 is 0 Å². The summed E-state index contributed by atoms with van der Waals surface area (Å²) in [5.74, 6) is -0.0642. The van der Waals surface area contributed by atoms with Crippen molar-refractivity contribution in [2.24, 2.45) is 5.41 Å². The van der Waals surface area contributed by atoms with E-state index in [1.165, 1.54) is 0 Å². The number of aromatic nitrogens is 1. The predicted octanol–water partition coefficient (Wildman–Crippen LogP) is 1.93. The molecule has 0 bridgehead atoms. The van der Waals surface area contributed by atoms with Crippen molar-refractivity contribution in [2.75, 3.05) is 18.9 Å². The topological polar surface area (TPSA) is 80.3 Å². The molecule has 4 N–H and O–H groups in total. The van der Waals surface area contributed by atoms with Crippen LogP contribution >= 0.6 is 0 Å². The van der Waals surface area contributed by atoms with E-state index in [2.05, 4.69) is 19.2 Å². The van der Waals surface area contributed by atoms with Crippen LogP contribution in [0, 0.1) is 5.41 Å². The Bertz CT molecular complexity index is 475. The van der Waals surface area contributed by atoms with Crippen LogP contribution in [0.3, 0.4) is 0 Å². The fraction of sp³-hybridized carbons (Fsp3) is 0.667. The van der Waals surface area contributed by atoms with Gasteiger partial charge in [-0.25, -0.2) is 0 Å². The molecule has 0 saturated heterocycles. The number of carbonyl (C=O) groups is 1. The monoisotopic (exact) mass is 279 g/mol. The van der Waals surface area contributed by atoms with Gasteiger partial charge in [-0.15, -0.1) is 0 Å². The quantitative estimate of drug-likeness (QED) is 0.713. The molecule has 0 radical (unpaired) electrons. The number of aliphatic hydroxyl groups is 1. The van der Waals surface area contributed by atoms with E-state index in [9.17, 15) is 4.79 Å². The van der Waals surface area contributed by atoms with E-state index in [1.807, 2.05) is 10.8 Å². The van der Waals surface area contributed by atoms with Crippen LogP contribution in [0.1, 0.15) is 56.1 Å². The van der Waals surface area contributed by atoms with E-state index < -0.39 is 0 Å². The molecule has 0 atom stereocenters. The van der Waals surface area contributed by atoms with Crippen molar-refractivity contribution in [3.63, 3.8) is 0 Å². The lowest BCUT2D eigenvalue weighted by molar-refractivity contribution is 0.0923. The highest BCUT2D eigenvalue weighted by Gasteiger charge is 2.28. The third-order valence-electron chi connectivity index (χ3n) is 3.78. The van der Waals surface area contributed by atoms with E-state index in [0.717, 1.165) is 25.7 Å². The fourth-order valence-electron chi connectivity index (χ4n) is 2.39. The second-order valence-corrected chi connectivity index (χ2v) is 6.47. The third-order valence-corrected chi connectivity index (χ3v) is 3.78. The summed E-state index contributed by atoms with van der Waals surface area (Å²) in [6.07, 6.45) is 5.74. The first-order valence-corrected chi connectivity index (χ1v) is 7.29. The van der Waals surface area contributed by atoms with Crippen molar-refractivity contribution < 1.29 is 9.90 Å². The van der Waals surface area contributed by atoms with Gasteiger partial charge in [0.25, 0.3) is 5.91 Å². The normalized spacial score (nSPS) is 15.3. The summed E-state index contributed by atoms with van der Waals surface area (Å²) >= 11 is 0. The summed E-state index contributed by atoms with van der Waals surface area (Å²) in [4.78, 5) is 12.3. The van der Waals surface area contributed by atoms with Crippen LogP contribution in [0.25, 0.3) is 0 Å². The van der Waals surface area contributed by atoms with Gasteiger partial charge in [-0.05, 0) is 37.2 Å². The highest BCUT2D eigenvalue weighted by Crippen LogP contribution is 2.37. The average molecular weight is 279 g/mol. The molecule has 1 saturated carbocycles. The first-order valence-electron chi connectivity index (χ1n) is 7.29. The molecule has 5 heteroatoms. The van der Waals surface area contributed by atoms with Gasteiger partial charge < -0.3 is 20.7 Å². The SMILES string of the molecule is CC(C)(CCCO)CNC(=O)c1cc(N)cn1C1CC1. The lowest BCUT2D eigenvalue weighted by atomic mass is 9.88. The number of nitrogens with zero attached hydrogens (tertiary/aromatic N) is 1. The number of hydrogen-bond donors (Lipinski definition) is 3. The van der Waals surface area contributed by atoms with Crippen LogP contribution < -0.4 is 11.1 Å². The first kappa shape index (κ1) is 14.9.